The molecule has 33 heavy (non-hydrogen) atoms. The molecule has 0 spiro atoms. The van der Waals surface area contributed by atoms with Gasteiger partial charge in [-0.2, -0.15) is 24.6 Å². The van der Waals surface area contributed by atoms with Crippen molar-refractivity contribution in [1.82, 2.24) is 0 Å². The van der Waals surface area contributed by atoms with E-state index in [1.165, 1.54) is 77.0 Å². The Bertz CT molecular complexity index is 490. The van der Waals surface area contributed by atoms with E-state index < -0.39 is 0 Å². The zero-order valence-electron chi connectivity index (χ0n) is 23.6. The summed E-state index contributed by atoms with van der Waals surface area (Å²) < 4.78 is 0. The fourth-order valence-corrected chi connectivity index (χ4v) is 4.74. The maximum absolute atomic E-state index is 8.78. The predicted molar refractivity (Wildman–Crippen MR) is 147 cm³/mol. The van der Waals surface area contributed by atoms with Crippen LogP contribution in [0.2, 0.25) is 0 Å². The summed E-state index contributed by atoms with van der Waals surface area (Å²) in [6, 6.07) is 10.0. The molecule has 0 heterocycles. The van der Waals surface area contributed by atoms with E-state index in [0.717, 1.165) is 12.8 Å². The molecule has 0 saturated heterocycles. The fraction of sp³-hybridized carbons (Fsp3) is 0.806. The molecule has 1 aliphatic carbocycles. The summed E-state index contributed by atoms with van der Waals surface area (Å²) in [7, 11) is 0. The topological polar surface area (TPSA) is 23.8 Å². The summed E-state index contributed by atoms with van der Waals surface area (Å²) in [6.07, 6.45) is 18.6. The summed E-state index contributed by atoms with van der Waals surface area (Å²) in [5.74, 6) is 0.709. The van der Waals surface area contributed by atoms with E-state index in [4.69, 9.17) is 5.73 Å². The molecule has 2 rings (SSSR count). The molecule has 1 aliphatic rings. The van der Waals surface area contributed by atoms with Crippen LogP contribution in [0.5, 0.6) is 0 Å². The van der Waals surface area contributed by atoms with Gasteiger partial charge in [-0.1, -0.05) is 132 Å². The van der Waals surface area contributed by atoms with Crippen LogP contribution >= 0.6 is 0 Å². The van der Waals surface area contributed by atoms with Crippen LogP contribution in [0, 0.1) is 23.7 Å². The van der Waals surface area contributed by atoms with Gasteiger partial charge in [-0.3, -0.25) is 0 Å². The Hall–Kier alpha value is 0.0243. The van der Waals surface area contributed by atoms with Gasteiger partial charge in [0.2, 0.25) is 0 Å². The van der Waals surface area contributed by atoms with Gasteiger partial charge in [0.1, 0.15) is 0 Å². The quantitative estimate of drug-likeness (QED) is 0.205. The second-order valence-electron chi connectivity index (χ2n) is 11.5. The zero-order valence-corrected chi connectivity index (χ0v) is 25.1. The van der Waals surface area contributed by atoms with Crippen LogP contribution in [-0.2, 0) is 21.7 Å². The van der Waals surface area contributed by atoms with Gasteiger partial charge in [-0.15, -0.1) is 5.54 Å². The van der Waals surface area contributed by atoms with Crippen molar-refractivity contribution in [2.45, 2.75) is 144 Å². The van der Waals surface area contributed by atoms with Crippen molar-refractivity contribution in [3.05, 3.63) is 43.0 Å². The molecule has 2 atom stereocenters. The van der Waals surface area contributed by atoms with Gasteiger partial charge in [0, 0.05) is 0 Å². The van der Waals surface area contributed by atoms with Crippen molar-refractivity contribution in [2.75, 3.05) is 0 Å². The Morgan fingerprint density at radius 3 is 1.85 bits per heavy atom. The van der Waals surface area contributed by atoms with E-state index >= 15 is 0 Å². The summed E-state index contributed by atoms with van der Waals surface area (Å²) >= 11 is 0. The molecular formula is C31H58NTi. The molecule has 0 amide bonds. The average Bonchev–Trinajstić information content (AvgIpc) is 3.33. The van der Waals surface area contributed by atoms with Gasteiger partial charge in [0.15, 0.2) is 0 Å². The zero-order chi connectivity index (χ0) is 24.5. The predicted octanol–water partition coefficient (Wildman–Crippen LogP) is 11.2. The smallest absolute Gasteiger partial charge is 0.672 e. The summed E-state index contributed by atoms with van der Waals surface area (Å²) in [5.41, 5.74) is 8.78. The van der Waals surface area contributed by atoms with Crippen molar-refractivity contribution in [2.24, 2.45) is 16.7 Å². The molecule has 0 aliphatic heterocycles. The van der Waals surface area contributed by atoms with Crippen LogP contribution in [0.15, 0.2) is 30.3 Å². The van der Waals surface area contributed by atoms with Crippen molar-refractivity contribution in [3.63, 3.8) is 0 Å². The van der Waals surface area contributed by atoms with Crippen LogP contribution in [0.4, 0.5) is 0 Å². The van der Waals surface area contributed by atoms with Crippen molar-refractivity contribution < 1.29 is 21.7 Å². The average molecular weight is 493 g/mol. The van der Waals surface area contributed by atoms with E-state index in [-0.39, 0.29) is 38.1 Å². The number of nitrogens with one attached hydrogen (secondary N) is 1. The van der Waals surface area contributed by atoms with Crippen molar-refractivity contribution in [1.29, 1.82) is 0 Å². The molecule has 2 heteroatoms. The molecule has 1 fully saturated rings. The van der Waals surface area contributed by atoms with Crippen molar-refractivity contribution in [3.8, 4) is 0 Å². The van der Waals surface area contributed by atoms with Gasteiger partial charge < -0.3 is 12.7 Å². The van der Waals surface area contributed by atoms with Crippen LogP contribution < -0.4 is 0 Å². The Morgan fingerprint density at radius 2 is 1.36 bits per heavy atom. The second kappa shape index (κ2) is 19.2. The van der Waals surface area contributed by atoms with Crippen LogP contribution in [0.3, 0.4) is 0 Å². The monoisotopic (exact) mass is 492 g/mol. The minimum absolute atomic E-state index is 0. The van der Waals surface area contributed by atoms with Gasteiger partial charge in [0.05, 0.1) is 0 Å². The number of rotatable bonds is 7. The molecule has 1 saturated carbocycles. The van der Waals surface area contributed by atoms with Crippen molar-refractivity contribution >= 4 is 0 Å². The minimum Gasteiger partial charge on any atom is -0.672 e. The van der Waals surface area contributed by atoms with Gasteiger partial charge in [-0.25, -0.2) is 12.1 Å². The van der Waals surface area contributed by atoms with Gasteiger partial charge in [0.25, 0.3) is 0 Å². The Labute approximate surface area is 224 Å². The SMILES string of the molecule is CC1CCCCCCC(C)([NH-])C(C)(C)C1(C)C.[CH2-]CCCCCCCCC.[Ti+3].c1cc[cH-]c1. The number of unbranched alkanes of at least 4 members (excludes halogenated alkanes) is 7. The first-order chi connectivity index (χ1) is 15.0. The normalized spacial score (nSPS) is 24.2. The van der Waals surface area contributed by atoms with Crippen LogP contribution in [0.25, 0.3) is 5.73 Å². The first kappa shape index (κ1) is 35.2. The number of hydrogen-bond donors (Lipinski definition) is 0. The molecule has 0 aromatic heterocycles. The first-order valence-corrected chi connectivity index (χ1v) is 13.8. The summed E-state index contributed by atoms with van der Waals surface area (Å²) in [4.78, 5) is 0. The van der Waals surface area contributed by atoms with E-state index in [1.54, 1.807) is 0 Å². The van der Waals surface area contributed by atoms with E-state index in [9.17, 15) is 0 Å². The Kier molecular flexibility index (Phi) is 20.5. The van der Waals surface area contributed by atoms with Crippen LogP contribution in [0.1, 0.15) is 138 Å². The molecule has 1 radical (unpaired) electrons. The van der Waals surface area contributed by atoms with E-state index in [1.807, 2.05) is 30.3 Å². The molecule has 191 valence electrons. The molecule has 2 unspecified atom stereocenters. The van der Waals surface area contributed by atoms with Crippen LogP contribution in [-0.4, -0.2) is 5.54 Å². The minimum atomic E-state index is -0.303. The molecule has 1 aromatic rings. The fourth-order valence-electron chi connectivity index (χ4n) is 4.74. The maximum atomic E-state index is 8.78. The third kappa shape index (κ3) is 13.6. The third-order valence-corrected chi connectivity index (χ3v) is 8.70. The van der Waals surface area contributed by atoms with Gasteiger partial charge in [-0.05, 0) is 16.7 Å². The summed E-state index contributed by atoms with van der Waals surface area (Å²) in [5, 5.41) is 0. The Balaban J connectivity index is 0. The molecule has 1 nitrogen and oxygen atoms in total. The van der Waals surface area contributed by atoms with Gasteiger partial charge >= 0.3 is 21.7 Å². The third-order valence-electron chi connectivity index (χ3n) is 8.70. The summed E-state index contributed by atoms with van der Waals surface area (Å²) in [6.45, 7) is 20.0. The second-order valence-corrected chi connectivity index (χ2v) is 11.5. The molecule has 1 aromatic carbocycles. The maximum Gasteiger partial charge on any atom is 3.00 e. The molecular weight excluding hydrogens is 434 g/mol. The molecule has 0 bridgehead atoms. The Morgan fingerprint density at radius 1 is 0.848 bits per heavy atom. The first-order valence-electron chi connectivity index (χ1n) is 13.8. The van der Waals surface area contributed by atoms with E-state index in [0.29, 0.717) is 5.92 Å². The standard InChI is InChI=1S/C16H32N.C10H21.C5H5.Ti/c1-13-11-9-7-8-10-12-16(6,17)15(4,5)14(13,2)3;1-3-5-7-9-10-8-6-4-2;1-2-4-5-3-1;/h13,17H,7-12H2,1-6H3;1,3-10H2,2H3;1-5H;/q3*-1;+3. The largest absolute Gasteiger partial charge is 3.00 e. The number of hydrogen-bond acceptors (Lipinski definition) is 0. The molecule has 1 N–H and O–H groups in total. The van der Waals surface area contributed by atoms with E-state index in [2.05, 4.69) is 55.4 Å².